The molecule has 0 amide bonds. The lowest BCUT2D eigenvalue weighted by molar-refractivity contribution is 0.962. The van der Waals surface area contributed by atoms with Gasteiger partial charge in [-0.2, -0.15) is 5.26 Å². The molecule has 0 saturated carbocycles. The highest BCUT2D eigenvalue weighted by Gasteiger charge is 2.08. The molecular formula is C11H9BrN2. The SMILES string of the molecule is Cc1cn(C)c2c(C#N)cc(Br)cc12. The first kappa shape index (κ1) is 9.29. The van der Waals surface area contributed by atoms with Gasteiger partial charge in [0.1, 0.15) is 6.07 Å². The number of hydrogen-bond acceptors (Lipinski definition) is 1. The molecule has 0 bridgehead atoms. The summed E-state index contributed by atoms with van der Waals surface area (Å²) in [4.78, 5) is 0. The molecule has 2 rings (SSSR count). The lowest BCUT2D eigenvalue weighted by Crippen LogP contribution is -1.87. The maximum absolute atomic E-state index is 9.01. The molecular weight excluding hydrogens is 240 g/mol. The normalized spacial score (nSPS) is 10.4. The quantitative estimate of drug-likeness (QED) is 0.705. The van der Waals surface area contributed by atoms with Crippen LogP contribution in [-0.2, 0) is 7.05 Å². The molecule has 0 spiro atoms. The van der Waals surface area contributed by atoms with Gasteiger partial charge in [0.05, 0.1) is 11.1 Å². The number of aromatic nitrogens is 1. The molecule has 1 aromatic heterocycles. The fraction of sp³-hybridized carbons (Fsp3) is 0.182. The van der Waals surface area contributed by atoms with Crippen molar-refractivity contribution >= 4 is 26.8 Å². The van der Waals surface area contributed by atoms with Crippen LogP contribution in [0.5, 0.6) is 0 Å². The Morgan fingerprint density at radius 2 is 2.14 bits per heavy atom. The van der Waals surface area contributed by atoms with Gasteiger partial charge < -0.3 is 4.57 Å². The summed E-state index contributed by atoms with van der Waals surface area (Å²) < 4.78 is 2.95. The lowest BCUT2D eigenvalue weighted by atomic mass is 10.1. The zero-order valence-corrected chi connectivity index (χ0v) is 9.59. The number of nitrogens with zero attached hydrogens (tertiary/aromatic N) is 2. The van der Waals surface area contributed by atoms with Gasteiger partial charge in [-0.15, -0.1) is 0 Å². The lowest BCUT2D eigenvalue weighted by Gasteiger charge is -1.99. The Labute approximate surface area is 90.9 Å². The maximum atomic E-state index is 9.01. The zero-order valence-electron chi connectivity index (χ0n) is 8.00. The van der Waals surface area contributed by atoms with E-state index in [9.17, 15) is 0 Å². The molecule has 70 valence electrons. The van der Waals surface area contributed by atoms with Crippen LogP contribution in [0.2, 0.25) is 0 Å². The summed E-state index contributed by atoms with van der Waals surface area (Å²) in [5.41, 5.74) is 2.92. The monoisotopic (exact) mass is 248 g/mol. The molecule has 14 heavy (non-hydrogen) atoms. The van der Waals surface area contributed by atoms with E-state index in [-0.39, 0.29) is 0 Å². The van der Waals surface area contributed by atoms with Crippen molar-refractivity contribution < 1.29 is 0 Å². The molecule has 0 fully saturated rings. The van der Waals surface area contributed by atoms with Crippen molar-refractivity contribution in [2.45, 2.75) is 6.92 Å². The van der Waals surface area contributed by atoms with E-state index in [1.165, 1.54) is 5.56 Å². The van der Waals surface area contributed by atoms with Gasteiger partial charge >= 0.3 is 0 Å². The second kappa shape index (κ2) is 3.14. The molecule has 0 atom stereocenters. The zero-order chi connectivity index (χ0) is 10.3. The molecule has 0 radical (unpaired) electrons. The van der Waals surface area contributed by atoms with E-state index in [2.05, 4.69) is 28.9 Å². The molecule has 2 aromatic rings. The van der Waals surface area contributed by atoms with E-state index in [0.717, 1.165) is 15.4 Å². The molecule has 1 aromatic carbocycles. The van der Waals surface area contributed by atoms with Crippen molar-refractivity contribution in [1.29, 1.82) is 5.26 Å². The van der Waals surface area contributed by atoms with Crippen LogP contribution in [0.3, 0.4) is 0 Å². The van der Waals surface area contributed by atoms with Crippen LogP contribution in [0, 0.1) is 18.3 Å². The number of benzene rings is 1. The van der Waals surface area contributed by atoms with Gasteiger partial charge in [0, 0.05) is 23.1 Å². The highest BCUT2D eigenvalue weighted by Crippen LogP contribution is 2.27. The first-order chi connectivity index (χ1) is 6.63. The first-order valence-corrected chi connectivity index (χ1v) is 5.08. The van der Waals surface area contributed by atoms with Crippen LogP contribution >= 0.6 is 15.9 Å². The van der Waals surface area contributed by atoms with Gasteiger partial charge in [-0.3, -0.25) is 0 Å². The number of rotatable bonds is 0. The summed E-state index contributed by atoms with van der Waals surface area (Å²) in [6, 6.07) is 6.11. The van der Waals surface area contributed by atoms with Gasteiger partial charge in [-0.25, -0.2) is 0 Å². The van der Waals surface area contributed by atoms with E-state index < -0.39 is 0 Å². The van der Waals surface area contributed by atoms with Gasteiger partial charge in [-0.05, 0) is 24.6 Å². The van der Waals surface area contributed by atoms with E-state index in [1.807, 2.05) is 29.9 Å². The van der Waals surface area contributed by atoms with Crippen LogP contribution in [0.25, 0.3) is 10.9 Å². The number of hydrogen-bond donors (Lipinski definition) is 0. The summed E-state index contributed by atoms with van der Waals surface area (Å²) in [6.07, 6.45) is 2.04. The Morgan fingerprint density at radius 1 is 1.43 bits per heavy atom. The summed E-state index contributed by atoms with van der Waals surface area (Å²) in [5.74, 6) is 0. The predicted octanol–water partition coefficient (Wildman–Crippen LogP) is 3.12. The van der Waals surface area contributed by atoms with Crippen LogP contribution in [0.1, 0.15) is 11.1 Å². The van der Waals surface area contributed by atoms with Crippen LogP contribution in [-0.4, -0.2) is 4.57 Å². The average Bonchev–Trinajstić information content (AvgIpc) is 2.41. The Bertz CT molecular complexity index is 546. The number of aryl methyl sites for hydroxylation is 2. The number of fused-ring (bicyclic) bond motifs is 1. The third-order valence-corrected chi connectivity index (χ3v) is 2.82. The van der Waals surface area contributed by atoms with Crippen molar-refractivity contribution in [3.05, 3.63) is 33.9 Å². The largest absolute Gasteiger partial charge is 0.349 e. The summed E-state index contributed by atoms with van der Waals surface area (Å²) in [7, 11) is 1.96. The van der Waals surface area contributed by atoms with E-state index >= 15 is 0 Å². The van der Waals surface area contributed by atoms with Crippen LogP contribution < -0.4 is 0 Å². The van der Waals surface area contributed by atoms with Crippen molar-refractivity contribution in [3.63, 3.8) is 0 Å². The molecule has 0 aliphatic carbocycles. The second-order valence-electron chi connectivity index (χ2n) is 3.38. The predicted molar refractivity (Wildman–Crippen MR) is 60.1 cm³/mol. The van der Waals surface area contributed by atoms with Crippen molar-refractivity contribution in [2.75, 3.05) is 0 Å². The fourth-order valence-electron chi connectivity index (χ4n) is 1.79. The van der Waals surface area contributed by atoms with E-state index in [1.54, 1.807) is 0 Å². The highest BCUT2D eigenvalue weighted by molar-refractivity contribution is 9.10. The Kier molecular flexibility index (Phi) is 2.09. The Balaban J connectivity index is 3.00. The average molecular weight is 249 g/mol. The molecule has 0 aliphatic rings. The van der Waals surface area contributed by atoms with Gasteiger partial charge in [0.2, 0.25) is 0 Å². The van der Waals surface area contributed by atoms with Gasteiger partial charge in [-0.1, -0.05) is 15.9 Å². The Hall–Kier alpha value is -1.27. The third-order valence-electron chi connectivity index (χ3n) is 2.36. The third kappa shape index (κ3) is 1.23. The first-order valence-electron chi connectivity index (χ1n) is 4.28. The van der Waals surface area contributed by atoms with Crippen molar-refractivity contribution in [3.8, 4) is 6.07 Å². The van der Waals surface area contributed by atoms with Crippen molar-refractivity contribution in [2.24, 2.45) is 7.05 Å². The molecule has 0 aliphatic heterocycles. The van der Waals surface area contributed by atoms with E-state index in [4.69, 9.17) is 5.26 Å². The topological polar surface area (TPSA) is 28.7 Å². The molecule has 0 unspecified atom stereocenters. The van der Waals surface area contributed by atoms with Crippen LogP contribution in [0.15, 0.2) is 22.8 Å². The molecule has 3 heteroatoms. The van der Waals surface area contributed by atoms with Gasteiger partial charge in [0.25, 0.3) is 0 Å². The maximum Gasteiger partial charge on any atom is 0.101 e. The van der Waals surface area contributed by atoms with Crippen molar-refractivity contribution in [1.82, 2.24) is 4.57 Å². The summed E-state index contributed by atoms with van der Waals surface area (Å²) in [5, 5.41) is 10.1. The number of halogens is 1. The Morgan fingerprint density at radius 3 is 2.79 bits per heavy atom. The second-order valence-corrected chi connectivity index (χ2v) is 4.30. The molecule has 1 heterocycles. The highest BCUT2D eigenvalue weighted by atomic mass is 79.9. The molecule has 2 nitrogen and oxygen atoms in total. The number of nitriles is 1. The standard InChI is InChI=1S/C11H9BrN2/c1-7-6-14(2)11-8(5-13)3-9(12)4-10(7)11/h3-4,6H,1-2H3. The minimum Gasteiger partial charge on any atom is -0.349 e. The minimum absolute atomic E-state index is 0.713. The summed E-state index contributed by atoms with van der Waals surface area (Å²) in [6.45, 7) is 2.05. The molecule has 0 saturated heterocycles. The smallest absolute Gasteiger partial charge is 0.101 e. The minimum atomic E-state index is 0.713. The summed E-state index contributed by atoms with van der Waals surface area (Å²) >= 11 is 3.41. The van der Waals surface area contributed by atoms with Crippen LogP contribution in [0.4, 0.5) is 0 Å². The van der Waals surface area contributed by atoms with E-state index in [0.29, 0.717) is 5.56 Å². The fourth-order valence-corrected chi connectivity index (χ4v) is 2.25. The molecule has 0 N–H and O–H groups in total. The van der Waals surface area contributed by atoms with Gasteiger partial charge in [0.15, 0.2) is 0 Å².